The Labute approximate surface area is 132 Å². The smallest absolute Gasteiger partial charge is 0.127 e. The third-order valence-electron chi connectivity index (χ3n) is 4.09. The predicted octanol–water partition coefficient (Wildman–Crippen LogP) is 2.48. The van der Waals surface area contributed by atoms with Crippen LogP contribution in [0.5, 0.6) is 0 Å². The molecule has 0 radical (unpaired) electrons. The molecule has 1 aliphatic heterocycles. The fraction of sp³-hybridized carbons (Fsp3) is 0.438. The first kappa shape index (κ1) is 16.0. The van der Waals surface area contributed by atoms with Gasteiger partial charge in [-0.15, -0.1) is 12.4 Å². The molecule has 2 heterocycles. The van der Waals surface area contributed by atoms with Crippen LogP contribution in [0.1, 0.15) is 19.7 Å². The molecule has 2 aromatic rings. The van der Waals surface area contributed by atoms with Crippen molar-refractivity contribution in [2.24, 2.45) is 0 Å². The second kappa shape index (κ2) is 7.07. The molecule has 0 bridgehead atoms. The fourth-order valence-electron chi connectivity index (χ4n) is 2.92. The molecule has 3 rings (SSSR count). The molecule has 0 spiro atoms. The highest BCUT2D eigenvalue weighted by atomic mass is 35.5. The molecule has 1 saturated heterocycles. The van der Waals surface area contributed by atoms with Crippen molar-refractivity contribution in [2.45, 2.75) is 32.5 Å². The number of halogens is 1. The number of hydrogen-bond acceptors (Lipinski definition) is 3. The van der Waals surface area contributed by atoms with Crippen LogP contribution in [0.2, 0.25) is 0 Å². The van der Waals surface area contributed by atoms with Crippen LogP contribution in [0.15, 0.2) is 42.7 Å². The van der Waals surface area contributed by atoms with Crippen LogP contribution in [0, 0.1) is 0 Å². The second-order valence-electron chi connectivity index (χ2n) is 5.58. The molecule has 0 saturated carbocycles. The molecular formula is C16H23ClN4. The lowest BCUT2D eigenvalue weighted by Gasteiger charge is -2.39. The summed E-state index contributed by atoms with van der Waals surface area (Å²) in [6.07, 6.45) is 3.93. The standard InChI is InChI=1S/C16H22N4.ClH/c1-13-10-17-11-14(2)20(13)12-16-18-8-9-19(16)15-6-4-3-5-7-15;/h3-9,13-14,17H,10-12H2,1-2H3;1H/t13-,14+;. The Kier molecular flexibility index (Phi) is 5.39. The lowest BCUT2D eigenvalue weighted by atomic mass is 10.1. The first-order chi connectivity index (χ1) is 9.75. The Morgan fingerprint density at radius 2 is 1.81 bits per heavy atom. The molecule has 1 fully saturated rings. The summed E-state index contributed by atoms with van der Waals surface area (Å²) in [6.45, 7) is 7.55. The van der Waals surface area contributed by atoms with Crippen molar-refractivity contribution in [2.75, 3.05) is 13.1 Å². The van der Waals surface area contributed by atoms with Crippen molar-refractivity contribution < 1.29 is 0 Å². The molecule has 2 atom stereocenters. The highest BCUT2D eigenvalue weighted by molar-refractivity contribution is 5.85. The summed E-state index contributed by atoms with van der Waals surface area (Å²) in [5, 5.41) is 3.47. The zero-order chi connectivity index (χ0) is 13.9. The summed E-state index contributed by atoms with van der Waals surface area (Å²) >= 11 is 0. The first-order valence-electron chi connectivity index (χ1n) is 7.30. The van der Waals surface area contributed by atoms with Gasteiger partial charge in [0.15, 0.2) is 0 Å². The van der Waals surface area contributed by atoms with E-state index < -0.39 is 0 Å². The maximum atomic E-state index is 4.56. The number of para-hydroxylation sites is 1. The minimum atomic E-state index is 0. The Balaban J connectivity index is 0.00000161. The molecule has 114 valence electrons. The molecule has 1 aromatic carbocycles. The number of nitrogens with zero attached hydrogens (tertiary/aromatic N) is 3. The Hall–Kier alpha value is -1.36. The van der Waals surface area contributed by atoms with Crippen LogP contribution in [0.4, 0.5) is 0 Å². The maximum Gasteiger partial charge on any atom is 0.127 e. The van der Waals surface area contributed by atoms with Crippen molar-refractivity contribution in [1.29, 1.82) is 0 Å². The van der Waals surface area contributed by atoms with Gasteiger partial charge < -0.3 is 9.88 Å². The number of nitrogens with one attached hydrogen (secondary N) is 1. The van der Waals surface area contributed by atoms with Gasteiger partial charge in [0.05, 0.1) is 6.54 Å². The van der Waals surface area contributed by atoms with Gasteiger partial charge in [-0.05, 0) is 26.0 Å². The summed E-state index contributed by atoms with van der Waals surface area (Å²) in [5.41, 5.74) is 1.18. The first-order valence-corrected chi connectivity index (χ1v) is 7.30. The van der Waals surface area contributed by atoms with Crippen LogP contribution < -0.4 is 5.32 Å². The highest BCUT2D eigenvalue weighted by Gasteiger charge is 2.25. The molecule has 21 heavy (non-hydrogen) atoms. The van der Waals surface area contributed by atoms with Crippen molar-refractivity contribution >= 4 is 12.4 Å². The van der Waals surface area contributed by atoms with E-state index in [-0.39, 0.29) is 12.4 Å². The molecule has 1 N–H and O–H groups in total. The van der Waals surface area contributed by atoms with E-state index in [1.54, 1.807) is 0 Å². The van der Waals surface area contributed by atoms with Gasteiger partial charge in [0.25, 0.3) is 0 Å². The Morgan fingerprint density at radius 1 is 1.14 bits per heavy atom. The van der Waals surface area contributed by atoms with Crippen molar-refractivity contribution in [3.63, 3.8) is 0 Å². The van der Waals surface area contributed by atoms with E-state index in [9.17, 15) is 0 Å². The number of aromatic nitrogens is 2. The van der Waals surface area contributed by atoms with Gasteiger partial charge in [-0.3, -0.25) is 4.90 Å². The van der Waals surface area contributed by atoms with Crippen LogP contribution >= 0.6 is 12.4 Å². The number of hydrogen-bond donors (Lipinski definition) is 1. The van der Waals surface area contributed by atoms with Gasteiger partial charge in [0.1, 0.15) is 5.82 Å². The van der Waals surface area contributed by atoms with Crippen molar-refractivity contribution in [3.05, 3.63) is 48.5 Å². The lowest BCUT2D eigenvalue weighted by Crippen LogP contribution is -2.54. The van der Waals surface area contributed by atoms with E-state index in [0.717, 1.165) is 25.5 Å². The Morgan fingerprint density at radius 3 is 2.48 bits per heavy atom. The van der Waals surface area contributed by atoms with Crippen molar-refractivity contribution in [1.82, 2.24) is 19.8 Å². The van der Waals surface area contributed by atoms with Gasteiger partial charge in [-0.1, -0.05) is 18.2 Å². The molecule has 4 nitrogen and oxygen atoms in total. The molecule has 1 aromatic heterocycles. The van der Waals surface area contributed by atoms with E-state index in [1.165, 1.54) is 5.69 Å². The SMILES string of the molecule is C[C@@H]1CNC[C@H](C)N1Cc1nccn1-c1ccccc1.Cl. The topological polar surface area (TPSA) is 33.1 Å². The molecule has 5 heteroatoms. The normalized spacial score (nSPS) is 22.8. The monoisotopic (exact) mass is 306 g/mol. The average molecular weight is 307 g/mol. The summed E-state index contributed by atoms with van der Waals surface area (Å²) in [5.74, 6) is 1.11. The largest absolute Gasteiger partial charge is 0.314 e. The third kappa shape index (κ3) is 3.46. The molecule has 0 aliphatic carbocycles. The minimum Gasteiger partial charge on any atom is -0.314 e. The lowest BCUT2D eigenvalue weighted by molar-refractivity contribution is 0.105. The number of benzene rings is 1. The van der Waals surface area contributed by atoms with Gasteiger partial charge in [0, 0.05) is 43.3 Å². The molecule has 0 amide bonds. The van der Waals surface area contributed by atoms with Crippen LogP contribution in [-0.4, -0.2) is 39.6 Å². The third-order valence-corrected chi connectivity index (χ3v) is 4.09. The van der Waals surface area contributed by atoms with Crippen LogP contribution in [0.3, 0.4) is 0 Å². The number of imidazole rings is 1. The minimum absolute atomic E-state index is 0. The van der Waals surface area contributed by atoms with E-state index in [2.05, 4.69) is 57.9 Å². The van der Waals surface area contributed by atoms with Gasteiger partial charge in [-0.25, -0.2) is 4.98 Å². The quantitative estimate of drug-likeness (QED) is 0.946. The van der Waals surface area contributed by atoms with Gasteiger partial charge in [-0.2, -0.15) is 0 Å². The van der Waals surface area contributed by atoms with E-state index >= 15 is 0 Å². The molecular weight excluding hydrogens is 284 g/mol. The highest BCUT2D eigenvalue weighted by Crippen LogP contribution is 2.16. The average Bonchev–Trinajstić information content (AvgIpc) is 2.92. The van der Waals surface area contributed by atoms with Crippen LogP contribution in [0.25, 0.3) is 5.69 Å². The summed E-state index contributed by atoms with van der Waals surface area (Å²) in [7, 11) is 0. The van der Waals surface area contributed by atoms with Crippen molar-refractivity contribution in [3.8, 4) is 5.69 Å². The summed E-state index contributed by atoms with van der Waals surface area (Å²) in [4.78, 5) is 7.08. The Bertz CT molecular complexity index is 544. The summed E-state index contributed by atoms with van der Waals surface area (Å²) in [6, 6.07) is 11.5. The molecule has 0 unspecified atom stereocenters. The second-order valence-corrected chi connectivity index (χ2v) is 5.58. The van der Waals surface area contributed by atoms with E-state index in [0.29, 0.717) is 12.1 Å². The van der Waals surface area contributed by atoms with Gasteiger partial charge >= 0.3 is 0 Å². The van der Waals surface area contributed by atoms with E-state index in [1.807, 2.05) is 18.5 Å². The maximum absolute atomic E-state index is 4.56. The number of rotatable bonds is 3. The summed E-state index contributed by atoms with van der Waals surface area (Å²) < 4.78 is 2.18. The fourth-order valence-corrected chi connectivity index (χ4v) is 2.92. The molecule has 1 aliphatic rings. The zero-order valence-corrected chi connectivity index (χ0v) is 13.4. The van der Waals surface area contributed by atoms with Crippen LogP contribution in [-0.2, 0) is 6.54 Å². The zero-order valence-electron chi connectivity index (χ0n) is 12.6. The predicted molar refractivity (Wildman–Crippen MR) is 88.1 cm³/mol. The van der Waals surface area contributed by atoms with E-state index in [4.69, 9.17) is 0 Å². The van der Waals surface area contributed by atoms with Gasteiger partial charge in [0.2, 0.25) is 0 Å². The number of piperazine rings is 1.